The van der Waals surface area contributed by atoms with Gasteiger partial charge in [0.15, 0.2) is 0 Å². The van der Waals surface area contributed by atoms with E-state index in [-0.39, 0.29) is 4.90 Å². The molecule has 0 bridgehead atoms. The number of benzene rings is 1. The summed E-state index contributed by atoms with van der Waals surface area (Å²) >= 11 is 0. The van der Waals surface area contributed by atoms with E-state index in [1.54, 1.807) is 18.3 Å². The van der Waals surface area contributed by atoms with Gasteiger partial charge in [0.05, 0.1) is 5.52 Å². The molecule has 0 atom stereocenters. The molecule has 0 unspecified atom stereocenters. The van der Waals surface area contributed by atoms with E-state index in [0.717, 1.165) is 23.4 Å². The number of nitrogens with zero attached hydrogens (tertiary/aromatic N) is 5. The first-order chi connectivity index (χ1) is 14.0. The van der Waals surface area contributed by atoms with Crippen molar-refractivity contribution >= 4 is 32.7 Å². The Morgan fingerprint density at radius 1 is 1.07 bits per heavy atom. The first kappa shape index (κ1) is 19.5. The Bertz CT molecular complexity index is 1120. The summed E-state index contributed by atoms with van der Waals surface area (Å²) in [5, 5.41) is 3.96. The lowest BCUT2D eigenvalue weighted by atomic mass is 10.2. The van der Waals surface area contributed by atoms with Crippen molar-refractivity contribution in [1.82, 2.24) is 19.3 Å². The Kier molecular flexibility index (Phi) is 5.33. The maximum absolute atomic E-state index is 13.3. The predicted octanol–water partition coefficient (Wildman–Crippen LogP) is 2.28. The number of aryl methyl sites for hydroxylation is 1. The molecule has 0 radical (unpaired) electrons. The maximum atomic E-state index is 13.3. The van der Waals surface area contributed by atoms with Crippen LogP contribution in [-0.2, 0) is 10.0 Å². The summed E-state index contributed by atoms with van der Waals surface area (Å²) < 4.78 is 28.1. The van der Waals surface area contributed by atoms with Crippen molar-refractivity contribution in [3.63, 3.8) is 0 Å². The minimum Gasteiger partial charge on any atom is -0.354 e. The van der Waals surface area contributed by atoms with E-state index in [1.165, 1.54) is 4.31 Å². The van der Waals surface area contributed by atoms with E-state index in [1.807, 2.05) is 38.1 Å². The fourth-order valence-corrected chi connectivity index (χ4v) is 5.12. The van der Waals surface area contributed by atoms with Crippen LogP contribution in [0.2, 0.25) is 0 Å². The van der Waals surface area contributed by atoms with Crippen LogP contribution in [-0.4, -0.2) is 60.4 Å². The molecule has 29 heavy (non-hydrogen) atoms. The Hall–Kier alpha value is -2.78. The van der Waals surface area contributed by atoms with Crippen molar-refractivity contribution in [1.29, 1.82) is 0 Å². The van der Waals surface area contributed by atoms with Crippen LogP contribution in [0.1, 0.15) is 12.6 Å². The zero-order valence-electron chi connectivity index (χ0n) is 16.5. The van der Waals surface area contributed by atoms with E-state index in [0.29, 0.717) is 37.6 Å². The number of fused-ring (bicyclic) bond motifs is 1. The highest BCUT2D eigenvalue weighted by Gasteiger charge is 2.30. The van der Waals surface area contributed by atoms with Gasteiger partial charge in [-0.25, -0.2) is 13.4 Å². The minimum atomic E-state index is -3.62. The molecule has 1 fully saturated rings. The summed E-state index contributed by atoms with van der Waals surface area (Å²) in [5.74, 6) is 1.41. The van der Waals surface area contributed by atoms with E-state index >= 15 is 0 Å². The summed E-state index contributed by atoms with van der Waals surface area (Å²) in [4.78, 5) is 15.6. The van der Waals surface area contributed by atoms with Crippen LogP contribution < -0.4 is 10.2 Å². The molecule has 152 valence electrons. The third kappa shape index (κ3) is 3.88. The summed E-state index contributed by atoms with van der Waals surface area (Å²) in [6.45, 7) is 6.60. The van der Waals surface area contributed by atoms with Gasteiger partial charge in [0, 0.05) is 56.1 Å². The lowest BCUT2D eigenvalue weighted by molar-refractivity contribution is 0.384. The number of para-hydroxylation sites is 1. The van der Waals surface area contributed by atoms with E-state index < -0.39 is 10.0 Å². The highest BCUT2D eigenvalue weighted by molar-refractivity contribution is 7.89. The van der Waals surface area contributed by atoms with Crippen molar-refractivity contribution in [2.75, 3.05) is 42.9 Å². The van der Waals surface area contributed by atoms with Gasteiger partial charge in [0.25, 0.3) is 0 Å². The van der Waals surface area contributed by atoms with Crippen LogP contribution in [0.15, 0.2) is 47.5 Å². The smallest absolute Gasteiger partial charge is 0.245 e. The maximum Gasteiger partial charge on any atom is 0.245 e. The number of hydrogen-bond acceptors (Lipinski definition) is 7. The largest absolute Gasteiger partial charge is 0.354 e. The molecular formula is C20H24N6O2S. The van der Waals surface area contributed by atoms with E-state index in [4.69, 9.17) is 0 Å². The number of rotatable bonds is 5. The molecule has 9 heteroatoms. The average Bonchev–Trinajstić information content (AvgIpc) is 2.73. The molecule has 0 amide bonds. The van der Waals surface area contributed by atoms with Gasteiger partial charge in [-0.3, -0.25) is 4.98 Å². The summed E-state index contributed by atoms with van der Waals surface area (Å²) in [6, 6.07) is 10.9. The number of hydrogen-bond donors (Lipinski definition) is 1. The second-order valence-electron chi connectivity index (χ2n) is 6.94. The SMILES string of the molecule is CCNc1nc(C)cc(N2CCN(S(=O)(=O)c3cccc4cccnc34)CC2)n1. The Labute approximate surface area is 170 Å². The molecule has 0 saturated carbocycles. The van der Waals surface area contributed by atoms with Gasteiger partial charge in [-0.1, -0.05) is 18.2 Å². The van der Waals surface area contributed by atoms with Gasteiger partial charge < -0.3 is 10.2 Å². The molecule has 2 aromatic heterocycles. The number of anilines is 2. The first-order valence-electron chi connectivity index (χ1n) is 9.67. The van der Waals surface area contributed by atoms with Gasteiger partial charge >= 0.3 is 0 Å². The zero-order chi connectivity index (χ0) is 20.4. The van der Waals surface area contributed by atoms with Crippen LogP contribution in [0.4, 0.5) is 11.8 Å². The van der Waals surface area contributed by atoms with Gasteiger partial charge in [0.2, 0.25) is 16.0 Å². The molecule has 1 aliphatic rings. The van der Waals surface area contributed by atoms with Crippen LogP contribution in [0.25, 0.3) is 10.9 Å². The molecule has 3 heterocycles. The monoisotopic (exact) mass is 412 g/mol. The number of sulfonamides is 1. The molecule has 1 saturated heterocycles. The second-order valence-corrected chi connectivity index (χ2v) is 8.85. The van der Waals surface area contributed by atoms with Crippen LogP contribution in [0, 0.1) is 6.92 Å². The van der Waals surface area contributed by atoms with Crippen molar-refractivity contribution in [2.24, 2.45) is 0 Å². The average molecular weight is 413 g/mol. The first-order valence-corrected chi connectivity index (χ1v) is 11.1. The summed E-state index contributed by atoms with van der Waals surface area (Å²) in [7, 11) is -3.62. The number of nitrogens with one attached hydrogen (secondary N) is 1. The zero-order valence-corrected chi connectivity index (χ0v) is 17.4. The van der Waals surface area contributed by atoms with Crippen molar-refractivity contribution < 1.29 is 8.42 Å². The lowest BCUT2D eigenvalue weighted by Gasteiger charge is -2.34. The lowest BCUT2D eigenvalue weighted by Crippen LogP contribution is -2.49. The van der Waals surface area contributed by atoms with Gasteiger partial charge in [-0.05, 0) is 26.0 Å². The highest BCUT2D eigenvalue weighted by atomic mass is 32.2. The molecule has 8 nitrogen and oxygen atoms in total. The molecule has 4 rings (SSSR count). The van der Waals surface area contributed by atoms with Gasteiger partial charge in [-0.2, -0.15) is 9.29 Å². The molecular weight excluding hydrogens is 388 g/mol. The minimum absolute atomic E-state index is 0.261. The topological polar surface area (TPSA) is 91.3 Å². The molecule has 1 aromatic carbocycles. The summed E-state index contributed by atoms with van der Waals surface area (Å²) in [6.07, 6.45) is 1.62. The quantitative estimate of drug-likeness (QED) is 0.687. The molecule has 3 aromatic rings. The molecule has 1 N–H and O–H groups in total. The van der Waals surface area contributed by atoms with Crippen molar-refractivity contribution in [2.45, 2.75) is 18.7 Å². The third-order valence-electron chi connectivity index (χ3n) is 4.95. The fraction of sp³-hybridized carbons (Fsp3) is 0.350. The summed E-state index contributed by atoms with van der Waals surface area (Å²) in [5.41, 5.74) is 1.39. The van der Waals surface area contributed by atoms with Crippen LogP contribution >= 0.6 is 0 Å². The highest BCUT2D eigenvalue weighted by Crippen LogP contribution is 2.26. The Morgan fingerprint density at radius 3 is 2.59 bits per heavy atom. The molecule has 0 spiro atoms. The Balaban J connectivity index is 1.55. The van der Waals surface area contributed by atoms with E-state index in [2.05, 4.69) is 25.2 Å². The number of piperazine rings is 1. The van der Waals surface area contributed by atoms with Gasteiger partial charge in [-0.15, -0.1) is 0 Å². The van der Waals surface area contributed by atoms with Crippen LogP contribution in [0.5, 0.6) is 0 Å². The van der Waals surface area contributed by atoms with Crippen molar-refractivity contribution in [3.8, 4) is 0 Å². The van der Waals surface area contributed by atoms with Gasteiger partial charge in [0.1, 0.15) is 10.7 Å². The van der Waals surface area contributed by atoms with Crippen molar-refractivity contribution in [3.05, 3.63) is 48.3 Å². The molecule has 0 aliphatic carbocycles. The normalized spacial score (nSPS) is 15.6. The predicted molar refractivity (Wildman–Crippen MR) is 114 cm³/mol. The fourth-order valence-electron chi connectivity index (χ4n) is 3.53. The Morgan fingerprint density at radius 2 is 1.83 bits per heavy atom. The van der Waals surface area contributed by atoms with Crippen LogP contribution in [0.3, 0.4) is 0 Å². The standard InChI is InChI=1S/C20H24N6O2S/c1-3-21-20-23-15(2)14-18(24-20)25-10-12-26(13-11-25)29(27,28)17-8-4-6-16-7-5-9-22-19(16)17/h4-9,14H,3,10-13H2,1-2H3,(H,21,23,24). The second kappa shape index (κ2) is 7.92. The molecule has 1 aliphatic heterocycles. The number of pyridine rings is 1. The van der Waals surface area contributed by atoms with E-state index in [9.17, 15) is 8.42 Å². The number of aromatic nitrogens is 3. The third-order valence-corrected chi connectivity index (χ3v) is 6.88.